The summed E-state index contributed by atoms with van der Waals surface area (Å²) < 4.78 is 0. The summed E-state index contributed by atoms with van der Waals surface area (Å²) >= 11 is 0. The molecule has 0 aromatic carbocycles. The summed E-state index contributed by atoms with van der Waals surface area (Å²) in [5.41, 5.74) is 5.78. The van der Waals surface area contributed by atoms with Crippen molar-refractivity contribution >= 4 is 5.91 Å². The van der Waals surface area contributed by atoms with E-state index in [0.717, 1.165) is 44.7 Å². The average Bonchev–Trinajstić information content (AvgIpc) is 2.34. The number of rotatable bonds is 6. The first-order chi connectivity index (χ1) is 8.52. The zero-order valence-electron chi connectivity index (χ0n) is 12.3. The fourth-order valence-corrected chi connectivity index (χ4v) is 2.74. The fraction of sp³-hybridized carbons (Fsp3) is 0.933. The SMILES string of the molecule is CC(C)CC(CN)CCC(=O)N1CCC(C)CC1. The molecule has 3 heteroatoms. The van der Waals surface area contributed by atoms with Crippen LogP contribution in [0, 0.1) is 17.8 Å². The summed E-state index contributed by atoms with van der Waals surface area (Å²) in [5.74, 6) is 2.30. The van der Waals surface area contributed by atoms with Gasteiger partial charge in [-0.05, 0) is 50.0 Å². The number of amides is 1. The monoisotopic (exact) mass is 254 g/mol. The van der Waals surface area contributed by atoms with Crippen LogP contribution in [-0.4, -0.2) is 30.4 Å². The van der Waals surface area contributed by atoms with Crippen molar-refractivity contribution in [1.82, 2.24) is 4.90 Å². The van der Waals surface area contributed by atoms with Crippen LogP contribution < -0.4 is 5.73 Å². The second-order valence-corrected chi connectivity index (χ2v) is 6.33. The largest absolute Gasteiger partial charge is 0.343 e. The molecule has 3 nitrogen and oxygen atoms in total. The van der Waals surface area contributed by atoms with Crippen LogP contribution in [-0.2, 0) is 4.79 Å². The average molecular weight is 254 g/mol. The molecule has 0 aromatic rings. The molecule has 1 saturated heterocycles. The number of likely N-dealkylation sites (tertiary alicyclic amines) is 1. The van der Waals surface area contributed by atoms with E-state index in [0.29, 0.717) is 30.7 Å². The first-order valence-electron chi connectivity index (χ1n) is 7.50. The van der Waals surface area contributed by atoms with Gasteiger partial charge in [0.05, 0.1) is 0 Å². The Bertz CT molecular complexity index is 245. The third kappa shape index (κ3) is 5.38. The Morgan fingerprint density at radius 3 is 2.44 bits per heavy atom. The molecule has 1 aliphatic rings. The van der Waals surface area contributed by atoms with Crippen LogP contribution >= 0.6 is 0 Å². The first-order valence-corrected chi connectivity index (χ1v) is 7.50. The molecule has 0 aromatic heterocycles. The van der Waals surface area contributed by atoms with Crippen molar-refractivity contribution in [1.29, 1.82) is 0 Å². The standard InChI is InChI=1S/C15H30N2O/c1-12(2)10-14(11-16)4-5-15(18)17-8-6-13(3)7-9-17/h12-14H,4-11,16H2,1-3H3. The van der Waals surface area contributed by atoms with Crippen molar-refractivity contribution < 1.29 is 4.79 Å². The van der Waals surface area contributed by atoms with Gasteiger partial charge < -0.3 is 10.6 Å². The molecule has 0 saturated carbocycles. The van der Waals surface area contributed by atoms with E-state index in [1.54, 1.807) is 0 Å². The predicted molar refractivity (Wildman–Crippen MR) is 76.2 cm³/mol. The van der Waals surface area contributed by atoms with Gasteiger partial charge in [0.25, 0.3) is 0 Å². The van der Waals surface area contributed by atoms with Crippen molar-refractivity contribution in [2.45, 2.75) is 52.9 Å². The Kier molecular flexibility index (Phi) is 6.69. The lowest BCUT2D eigenvalue weighted by molar-refractivity contribution is -0.132. The quantitative estimate of drug-likeness (QED) is 0.792. The van der Waals surface area contributed by atoms with Gasteiger partial charge in [-0.1, -0.05) is 20.8 Å². The number of hydrogen-bond donors (Lipinski definition) is 1. The van der Waals surface area contributed by atoms with Crippen LogP contribution in [0.1, 0.15) is 52.9 Å². The maximum atomic E-state index is 12.1. The van der Waals surface area contributed by atoms with Gasteiger partial charge >= 0.3 is 0 Å². The summed E-state index contributed by atoms with van der Waals surface area (Å²) in [6.45, 7) is 9.33. The molecular weight excluding hydrogens is 224 g/mol. The zero-order chi connectivity index (χ0) is 13.5. The van der Waals surface area contributed by atoms with Crippen molar-refractivity contribution in [3.8, 4) is 0 Å². The predicted octanol–water partition coefficient (Wildman–Crippen LogP) is 2.65. The van der Waals surface area contributed by atoms with Crippen LogP contribution in [0.4, 0.5) is 0 Å². The van der Waals surface area contributed by atoms with Crippen molar-refractivity contribution in [3.05, 3.63) is 0 Å². The van der Waals surface area contributed by atoms with Gasteiger partial charge in [-0.2, -0.15) is 0 Å². The van der Waals surface area contributed by atoms with E-state index < -0.39 is 0 Å². The molecule has 0 spiro atoms. The number of nitrogens with zero attached hydrogens (tertiary/aromatic N) is 1. The molecule has 0 bridgehead atoms. The van der Waals surface area contributed by atoms with E-state index in [1.165, 1.54) is 0 Å². The molecule has 1 unspecified atom stereocenters. The Morgan fingerprint density at radius 2 is 1.94 bits per heavy atom. The number of piperidine rings is 1. The highest BCUT2D eigenvalue weighted by Crippen LogP contribution is 2.20. The van der Waals surface area contributed by atoms with Crippen molar-refractivity contribution in [2.75, 3.05) is 19.6 Å². The van der Waals surface area contributed by atoms with Gasteiger partial charge in [0.2, 0.25) is 5.91 Å². The minimum atomic E-state index is 0.337. The lowest BCUT2D eigenvalue weighted by Gasteiger charge is -2.30. The van der Waals surface area contributed by atoms with Crippen LogP contribution in [0.15, 0.2) is 0 Å². The van der Waals surface area contributed by atoms with Gasteiger partial charge in [0.15, 0.2) is 0 Å². The second-order valence-electron chi connectivity index (χ2n) is 6.33. The second kappa shape index (κ2) is 7.78. The molecule has 1 rings (SSSR count). The van der Waals surface area contributed by atoms with E-state index in [1.807, 2.05) is 4.90 Å². The van der Waals surface area contributed by atoms with E-state index in [2.05, 4.69) is 20.8 Å². The summed E-state index contributed by atoms with van der Waals surface area (Å²) in [7, 11) is 0. The summed E-state index contributed by atoms with van der Waals surface area (Å²) in [6.07, 6.45) is 5.11. The molecule has 1 amide bonds. The number of nitrogens with two attached hydrogens (primary N) is 1. The van der Waals surface area contributed by atoms with E-state index in [4.69, 9.17) is 5.73 Å². The molecule has 106 valence electrons. The van der Waals surface area contributed by atoms with Gasteiger partial charge in [0.1, 0.15) is 0 Å². The minimum absolute atomic E-state index is 0.337. The summed E-state index contributed by atoms with van der Waals surface area (Å²) in [4.78, 5) is 14.1. The lowest BCUT2D eigenvalue weighted by Crippen LogP contribution is -2.38. The molecule has 0 aliphatic carbocycles. The van der Waals surface area contributed by atoms with Gasteiger partial charge in [-0.15, -0.1) is 0 Å². The number of hydrogen-bond acceptors (Lipinski definition) is 2. The maximum Gasteiger partial charge on any atom is 0.222 e. The molecule has 2 N–H and O–H groups in total. The zero-order valence-corrected chi connectivity index (χ0v) is 12.3. The molecule has 1 aliphatic heterocycles. The van der Waals surface area contributed by atoms with Crippen LogP contribution in [0.2, 0.25) is 0 Å². The molecule has 0 radical (unpaired) electrons. The Labute approximate surface area is 112 Å². The highest BCUT2D eigenvalue weighted by molar-refractivity contribution is 5.76. The van der Waals surface area contributed by atoms with Crippen molar-refractivity contribution in [3.63, 3.8) is 0 Å². The fourth-order valence-electron chi connectivity index (χ4n) is 2.74. The molecule has 18 heavy (non-hydrogen) atoms. The highest BCUT2D eigenvalue weighted by atomic mass is 16.2. The smallest absolute Gasteiger partial charge is 0.222 e. The van der Waals surface area contributed by atoms with E-state index in [-0.39, 0.29) is 0 Å². The third-order valence-corrected chi connectivity index (χ3v) is 4.04. The van der Waals surface area contributed by atoms with Crippen LogP contribution in [0.5, 0.6) is 0 Å². The molecule has 1 atom stereocenters. The van der Waals surface area contributed by atoms with Gasteiger partial charge in [-0.25, -0.2) is 0 Å². The Hall–Kier alpha value is -0.570. The van der Waals surface area contributed by atoms with Crippen LogP contribution in [0.25, 0.3) is 0 Å². The summed E-state index contributed by atoms with van der Waals surface area (Å²) in [6, 6.07) is 0. The minimum Gasteiger partial charge on any atom is -0.343 e. The van der Waals surface area contributed by atoms with Crippen LogP contribution in [0.3, 0.4) is 0 Å². The lowest BCUT2D eigenvalue weighted by atomic mass is 9.92. The van der Waals surface area contributed by atoms with Crippen molar-refractivity contribution in [2.24, 2.45) is 23.5 Å². The number of carbonyl (C=O) groups excluding carboxylic acids is 1. The van der Waals surface area contributed by atoms with Gasteiger partial charge in [-0.3, -0.25) is 4.79 Å². The van der Waals surface area contributed by atoms with E-state index in [9.17, 15) is 4.79 Å². The topological polar surface area (TPSA) is 46.3 Å². The Morgan fingerprint density at radius 1 is 1.33 bits per heavy atom. The maximum absolute atomic E-state index is 12.1. The van der Waals surface area contributed by atoms with E-state index >= 15 is 0 Å². The molecule has 1 heterocycles. The number of carbonyl (C=O) groups is 1. The molecular formula is C15H30N2O. The summed E-state index contributed by atoms with van der Waals surface area (Å²) in [5, 5.41) is 0. The first kappa shape index (κ1) is 15.5. The third-order valence-electron chi connectivity index (χ3n) is 4.04. The molecule has 1 fully saturated rings. The Balaban J connectivity index is 2.27. The normalized spacial score (nSPS) is 19.3. The highest BCUT2D eigenvalue weighted by Gasteiger charge is 2.21. The van der Waals surface area contributed by atoms with Gasteiger partial charge in [0, 0.05) is 19.5 Å².